The Bertz CT molecular complexity index is 390. The highest BCUT2D eigenvalue weighted by Gasteiger charge is 2.22. The third-order valence-electron chi connectivity index (χ3n) is 3.49. The number of nitrogens with one attached hydrogen (secondary N) is 1. The fraction of sp³-hybridized carbons (Fsp3) is 0.533. The summed E-state index contributed by atoms with van der Waals surface area (Å²) in [6.45, 7) is 6.72. The molecule has 2 N–H and O–H groups in total. The second kappa shape index (κ2) is 7.17. The van der Waals surface area contributed by atoms with Crippen molar-refractivity contribution >= 4 is 5.97 Å². The Morgan fingerprint density at radius 1 is 1.28 bits per heavy atom. The molecule has 2 atom stereocenters. The van der Waals surface area contributed by atoms with Gasteiger partial charge in [0, 0.05) is 6.54 Å². The minimum Gasteiger partial charge on any atom is -0.480 e. The van der Waals surface area contributed by atoms with E-state index >= 15 is 0 Å². The van der Waals surface area contributed by atoms with E-state index in [2.05, 4.69) is 24.4 Å². The van der Waals surface area contributed by atoms with Crippen LogP contribution >= 0.6 is 0 Å². The summed E-state index contributed by atoms with van der Waals surface area (Å²) in [5, 5.41) is 12.4. The molecule has 0 fully saturated rings. The van der Waals surface area contributed by atoms with Gasteiger partial charge >= 0.3 is 5.97 Å². The van der Waals surface area contributed by atoms with Gasteiger partial charge in [-0.05, 0) is 23.5 Å². The number of hydrogen-bond acceptors (Lipinski definition) is 2. The molecule has 1 aromatic carbocycles. The number of carboxylic acids is 1. The van der Waals surface area contributed by atoms with Gasteiger partial charge in [-0.3, -0.25) is 4.79 Å². The number of aryl methyl sites for hydroxylation is 1. The van der Waals surface area contributed by atoms with Crippen LogP contribution in [-0.2, 0) is 17.8 Å². The summed E-state index contributed by atoms with van der Waals surface area (Å²) in [7, 11) is 0. The quantitative estimate of drug-likeness (QED) is 0.781. The highest BCUT2D eigenvalue weighted by atomic mass is 16.4. The molecular weight excluding hydrogens is 226 g/mol. The third kappa shape index (κ3) is 3.84. The number of hydrogen-bond donors (Lipinski definition) is 2. The highest BCUT2D eigenvalue weighted by Crippen LogP contribution is 2.12. The lowest BCUT2D eigenvalue weighted by atomic mass is 9.98. The van der Waals surface area contributed by atoms with E-state index in [1.807, 2.05) is 26.0 Å². The van der Waals surface area contributed by atoms with E-state index in [-0.39, 0.29) is 5.92 Å². The van der Waals surface area contributed by atoms with Crippen molar-refractivity contribution in [1.29, 1.82) is 0 Å². The first kappa shape index (κ1) is 14.7. The molecule has 1 aromatic rings. The van der Waals surface area contributed by atoms with Crippen LogP contribution in [0.5, 0.6) is 0 Å². The normalized spacial score (nSPS) is 14.2. The molecule has 0 aliphatic heterocycles. The van der Waals surface area contributed by atoms with Crippen LogP contribution in [0.25, 0.3) is 0 Å². The second-order valence-corrected chi connectivity index (χ2v) is 4.70. The van der Waals surface area contributed by atoms with Crippen molar-refractivity contribution < 1.29 is 9.90 Å². The van der Waals surface area contributed by atoms with Crippen LogP contribution in [0, 0.1) is 5.92 Å². The van der Waals surface area contributed by atoms with Crippen LogP contribution in [0.15, 0.2) is 24.3 Å². The van der Waals surface area contributed by atoms with Crippen LogP contribution < -0.4 is 5.32 Å². The van der Waals surface area contributed by atoms with Gasteiger partial charge in [-0.2, -0.15) is 0 Å². The Labute approximate surface area is 109 Å². The van der Waals surface area contributed by atoms with E-state index in [9.17, 15) is 9.90 Å². The van der Waals surface area contributed by atoms with Gasteiger partial charge in [0.2, 0.25) is 0 Å². The first-order valence-corrected chi connectivity index (χ1v) is 6.63. The lowest BCUT2D eigenvalue weighted by Crippen LogP contribution is -2.41. The summed E-state index contributed by atoms with van der Waals surface area (Å²) in [6.07, 6.45) is 1.83. The van der Waals surface area contributed by atoms with Gasteiger partial charge in [0.1, 0.15) is 6.04 Å². The standard InChI is InChI=1S/C15H23NO2/c1-4-11(3)14(15(17)18)16-10-13-9-7-6-8-12(13)5-2/h6-9,11,14,16H,4-5,10H2,1-3H3,(H,17,18)/t11-,14-/m0/s1. The SMILES string of the molecule is CCc1ccccc1CN[C@H](C(=O)O)[C@@H](C)CC. The van der Waals surface area contributed by atoms with Crippen LogP contribution in [0.4, 0.5) is 0 Å². The summed E-state index contributed by atoms with van der Waals surface area (Å²) >= 11 is 0. The predicted octanol–water partition coefficient (Wildman–Crippen LogP) is 2.84. The van der Waals surface area contributed by atoms with Crippen molar-refractivity contribution in [3.05, 3.63) is 35.4 Å². The maximum absolute atomic E-state index is 11.2. The van der Waals surface area contributed by atoms with Gasteiger partial charge in [-0.1, -0.05) is 51.5 Å². The van der Waals surface area contributed by atoms with Crippen molar-refractivity contribution in [2.75, 3.05) is 0 Å². The van der Waals surface area contributed by atoms with E-state index in [1.165, 1.54) is 11.1 Å². The number of aliphatic carboxylic acids is 1. The summed E-state index contributed by atoms with van der Waals surface area (Å²) in [5.41, 5.74) is 2.47. The summed E-state index contributed by atoms with van der Waals surface area (Å²) < 4.78 is 0. The highest BCUT2D eigenvalue weighted by molar-refractivity contribution is 5.73. The van der Waals surface area contributed by atoms with Crippen LogP contribution in [0.2, 0.25) is 0 Å². The predicted molar refractivity (Wildman–Crippen MR) is 73.5 cm³/mol. The first-order chi connectivity index (χ1) is 8.60. The molecule has 0 aromatic heterocycles. The molecule has 0 spiro atoms. The van der Waals surface area contributed by atoms with Gasteiger partial charge in [0.05, 0.1) is 0 Å². The first-order valence-electron chi connectivity index (χ1n) is 6.63. The molecule has 0 saturated carbocycles. The van der Waals surface area contributed by atoms with Crippen LogP contribution in [-0.4, -0.2) is 17.1 Å². The maximum atomic E-state index is 11.2. The Morgan fingerprint density at radius 2 is 1.89 bits per heavy atom. The van der Waals surface area contributed by atoms with Crippen molar-refractivity contribution in [2.45, 2.75) is 46.2 Å². The number of carboxylic acid groups (broad SMARTS) is 1. The van der Waals surface area contributed by atoms with Crippen molar-refractivity contribution in [1.82, 2.24) is 5.32 Å². The van der Waals surface area contributed by atoms with E-state index in [4.69, 9.17) is 0 Å². The van der Waals surface area contributed by atoms with Crippen molar-refractivity contribution in [3.8, 4) is 0 Å². The van der Waals surface area contributed by atoms with Gasteiger partial charge < -0.3 is 10.4 Å². The largest absolute Gasteiger partial charge is 0.480 e. The molecule has 0 heterocycles. The van der Waals surface area contributed by atoms with E-state index in [1.54, 1.807) is 0 Å². The maximum Gasteiger partial charge on any atom is 0.320 e. The zero-order valence-electron chi connectivity index (χ0n) is 11.4. The molecule has 18 heavy (non-hydrogen) atoms. The van der Waals surface area contributed by atoms with E-state index in [0.29, 0.717) is 6.54 Å². The Kier molecular flexibility index (Phi) is 5.86. The molecule has 1 rings (SSSR count). The van der Waals surface area contributed by atoms with Gasteiger partial charge in [-0.15, -0.1) is 0 Å². The average molecular weight is 249 g/mol. The van der Waals surface area contributed by atoms with E-state index in [0.717, 1.165) is 12.8 Å². The van der Waals surface area contributed by atoms with Gasteiger partial charge in [0.25, 0.3) is 0 Å². The number of carbonyl (C=O) groups is 1. The van der Waals surface area contributed by atoms with E-state index < -0.39 is 12.0 Å². The Morgan fingerprint density at radius 3 is 2.39 bits per heavy atom. The minimum absolute atomic E-state index is 0.135. The van der Waals surface area contributed by atoms with Crippen molar-refractivity contribution in [3.63, 3.8) is 0 Å². The minimum atomic E-state index is -0.765. The smallest absolute Gasteiger partial charge is 0.320 e. The monoisotopic (exact) mass is 249 g/mol. The fourth-order valence-corrected chi connectivity index (χ4v) is 2.06. The zero-order valence-corrected chi connectivity index (χ0v) is 11.4. The fourth-order valence-electron chi connectivity index (χ4n) is 2.06. The lowest BCUT2D eigenvalue weighted by Gasteiger charge is -2.21. The number of benzene rings is 1. The molecule has 0 unspecified atom stereocenters. The van der Waals surface area contributed by atoms with Crippen molar-refractivity contribution in [2.24, 2.45) is 5.92 Å². The molecule has 3 nitrogen and oxygen atoms in total. The summed E-state index contributed by atoms with van der Waals surface area (Å²) in [4.78, 5) is 11.2. The molecule has 3 heteroatoms. The third-order valence-corrected chi connectivity index (χ3v) is 3.49. The average Bonchev–Trinajstić information content (AvgIpc) is 2.38. The zero-order chi connectivity index (χ0) is 13.5. The summed E-state index contributed by atoms with van der Waals surface area (Å²) in [5.74, 6) is -0.630. The van der Waals surface area contributed by atoms with Gasteiger partial charge in [0.15, 0.2) is 0 Å². The molecule has 0 saturated heterocycles. The summed E-state index contributed by atoms with van der Waals surface area (Å²) in [6, 6.07) is 7.69. The van der Waals surface area contributed by atoms with Crippen LogP contribution in [0.1, 0.15) is 38.3 Å². The molecular formula is C15H23NO2. The molecule has 0 radical (unpaired) electrons. The van der Waals surface area contributed by atoms with Gasteiger partial charge in [-0.25, -0.2) is 0 Å². The number of rotatable bonds is 7. The molecule has 0 aliphatic carbocycles. The Hall–Kier alpha value is -1.35. The molecule has 0 bridgehead atoms. The molecule has 0 amide bonds. The molecule has 0 aliphatic rings. The Balaban J connectivity index is 2.70. The lowest BCUT2D eigenvalue weighted by molar-refractivity contribution is -0.140. The topological polar surface area (TPSA) is 49.3 Å². The van der Waals surface area contributed by atoms with Crippen LogP contribution in [0.3, 0.4) is 0 Å². The molecule has 100 valence electrons. The second-order valence-electron chi connectivity index (χ2n) is 4.70.